The summed E-state index contributed by atoms with van der Waals surface area (Å²) in [6.07, 6.45) is 67.5. The van der Waals surface area contributed by atoms with E-state index in [-0.39, 0.29) is 18.5 Å². The van der Waals surface area contributed by atoms with Gasteiger partial charge in [-0.2, -0.15) is 0 Å². The second-order valence-electron chi connectivity index (χ2n) is 20.3. The molecule has 0 heterocycles. The van der Waals surface area contributed by atoms with E-state index < -0.39 is 12.1 Å². The number of carbonyl (C=O) groups is 2. The number of aliphatic hydroxyl groups is 2. The van der Waals surface area contributed by atoms with E-state index in [9.17, 15) is 19.8 Å². The van der Waals surface area contributed by atoms with Crippen molar-refractivity contribution in [1.82, 2.24) is 5.32 Å². The summed E-state index contributed by atoms with van der Waals surface area (Å²) >= 11 is 0. The third kappa shape index (κ3) is 51.7. The average molecular weight is 931 g/mol. The minimum atomic E-state index is -0.687. The number of hydrogen-bond acceptors (Lipinski definition) is 5. The third-order valence-corrected chi connectivity index (χ3v) is 13.7. The Morgan fingerprint density at radius 2 is 0.712 bits per heavy atom. The second-order valence-corrected chi connectivity index (χ2v) is 20.3. The largest absolute Gasteiger partial charge is 0.466 e. The van der Waals surface area contributed by atoms with Gasteiger partial charge >= 0.3 is 5.97 Å². The first-order chi connectivity index (χ1) is 32.5. The van der Waals surface area contributed by atoms with Crippen molar-refractivity contribution in [3.8, 4) is 0 Å². The lowest BCUT2D eigenvalue weighted by Gasteiger charge is -2.22. The van der Waals surface area contributed by atoms with Crippen LogP contribution in [0.15, 0.2) is 24.3 Å². The lowest BCUT2D eigenvalue weighted by Crippen LogP contribution is -2.45. The van der Waals surface area contributed by atoms with Crippen molar-refractivity contribution in [3.05, 3.63) is 24.3 Å². The standard InChI is InChI=1S/C60H115NO5/c1-3-5-7-9-11-13-15-17-19-21-23-25-26-28-30-32-36-40-44-48-52-58(63)57(56-62)61-59(64)53-49-45-41-37-34-35-39-43-47-51-55-66-60(65)54-50-46-42-38-33-31-29-27-24-22-20-18-16-14-12-10-8-6-4-2/h18,20,35,39,57-58,62-63H,3-17,19,21-34,36-38,40-56H2,1-2H3,(H,61,64)/b20-18-,39-35-. The van der Waals surface area contributed by atoms with Crippen LogP contribution in [0.5, 0.6) is 0 Å². The van der Waals surface area contributed by atoms with Crippen LogP contribution in [0.4, 0.5) is 0 Å². The normalized spacial score (nSPS) is 12.7. The molecule has 1 amide bonds. The molecule has 0 aliphatic heterocycles. The molecule has 6 nitrogen and oxygen atoms in total. The Labute approximate surface area is 411 Å². The van der Waals surface area contributed by atoms with Gasteiger partial charge in [-0.15, -0.1) is 0 Å². The van der Waals surface area contributed by atoms with E-state index in [1.165, 1.54) is 212 Å². The SMILES string of the molecule is CCCCCCCC/C=C\CCCCCCCCCCCC(=O)OCCCC/C=C\CCCCCCC(=O)NC(CO)C(O)CCCCCCCCCCCCCCCCCCCCCC. The molecule has 0 radical (unpaired) electrons. The van der Waals surface area contributed by atoms with Gasteiger partial charge in [0.05, 0.1) is 25.4 Å². The highest BCUT2D eigenvalue weighted by molar-refractivity contribution is 5.76. The van der Waals surface area contributed by atoms with E-state index in [0.29, 0.717) is 25.9 Å². The Balaban J connectivity index is 3.49. The van der Waals surface area contributed by atoms with Gasteiger partial charge in [-0.1, -0.05) is 256 Å². The molecule has 2 atom stereocenters. The van der Waals surface area contributed by atoms with Crippen molar-refractivity contribution >= 4 is 11.9 Å². The molecule has 2 unspecified atom stereocenters. The highest BCUT2D eigenvalue weighted by Crippen LogP contribution is 2.17. The molecule has 0 aromatic rings. The maximum Gasteiger partial charge on any atom is 0.305 e. The lowest BCUT2D eigenvalue weighted by atomic mass is 10.0. The van der Waals surface area contributed by atoms with Crippen LogP contribution in [0, 0.1) is 0 Å². The zero-order valence-electron chi connectivity index (χ0n) is 44.4. The van der Waals surface area contributed by atoms with Crippen LogP contribution < -0.4 is 5.32 Å². The van der Waals surface area contributed by atoms with E-state index in [1.807, 2.05) is 0 Å². The monoisotopic (exact) mass is 930 g/mol. The molecule has 0 aliphatic rings. The Morgan fingerprint density at radius 3 is 1.08 bits per heavy atom. The van der Waals surface area contributed by atoms with E-state index in [0.717, 1.165) is 77.0 Å². The number of allylic oxidation sites excluding steroid dienone is 4. The molecule has 66 heavy (non-hydrogen) atoms. The topological polar surface area (TPSA) is 95.9 Å². The maximum atomic E-state index is 12.5. The number of nitrogens with one attached hydrogen (secondary N) is 1. The molecule has 0 rings (SSSR count). The number of ether oxygens (including phenoxy) is 1. The summed E-state index contributed by atoms with van der Waals surface area (Å²) in [6, 6.07) is -0.568. The minimum absolute atomic E-state index is 0.0360. The number of aliphatic hydroxyl groups excluding tert-OH is 2. The first kappa shape index (κ1) is 64.3. The lowest BCUT2D eigenvalue weighted by molar-refractivity contribution is -0.143. The Kier molecular flexibility index (Phi) is 54.5. The van der Waals surface area contributed by atoms with Gasteiger partial charge in [0.25, 0.3) is 0 Å². The zero-order valence-corrected chi connectivity index (χ0v) is 44.4. The highest BCUT2D eigenvalue weighted by atomic mass is 16.5. The summed E-state index contributed by atoms with van der Waals surface area (Å²) in [5, 5.41) is 23.3. The van der Waals surface area contributed by atoms with E-state index in [1.54, 1.807) is 0 Å². The van der Waals surface area contributed by atoms with Gasteiger partial charge in [0.2, 0.25) is 5.91 Å². The second kappa shape index (κ2) is 55.9. The van der Waals surface area contributed by atoms with Crippen molar-refractivity contribution in [1.29, 1.82) is 0 Å². The molecular weight excluding hydrogens is 815 g/mol. The highest BCUT2D eigenvalue weighted by Gasteiger charge is 2.20. The van der Waals surface area contributed by atoms with Crippen LogP contribution in [0.1, 0.15) is 322 Å². The molecule has 3 N–H and O–H groups in total. The van der Waals surface area contributed by atoms with Crippen molar-refractivity contribution < 1.29 is 24.5 Å². The van der Waals surface area contributed by atoms with Crippen LogP contribution in [-0.4, -0.2) is 47.4 Å². The fourth-order valence-electron chi connectivity index (χ4n) is 9.16. The maximum absolute atomic E-state index is 12.5. The minimum Gasteiger partial charge on any atom is -0.466 e. The molecule has 0 aromatic carbocycles. The molecule has 0 saturated carbocycles. The molecule has 0 aromatic heterocycles. The number of carbonyl (C=O) groups excluding carboxylic acids is 2. The number of hydrogen-bond donors (Lipinski definition) is 3. The van der Waals surface area contributed by atoms with Gasteiger partial charge in [-0.25, -0.2) is 0 Å². The molecule has 390 valence electrons. The van der Waals surface area contributed by atoms with Crippen LogP contribution >= 0.6 is 0 Å². The Hall–Kier alpha value is -1.66. The smallest absolute Gasteiger partial charge is 0.305 e. The molecule has 0 aliphatic carbocycles. The number of unbranched alkanes of at least 4 members (excludes halogenated alkanes) is 40. The summed E-state index contributed by atoms with van der Waals surface area (Å²) in [4.78, 5) is 24.6. The molecule has 0 fully saturated rings. The summed E-state index contributed by atoms with van der Waals surface area (Å²) < 4.78 is 5.46. The number of esters is 1. The van der Waals surface area contributed by atoms with Crippen LogP contribution in [0.2, 0.25) is 0 Å². The van der Waals surface area contributed by atoms with E-state index >= 15 is 0 Å². The van der Waals surface area contributed by atoms with Gasteiger partial charge in [0, 0.05) is 12.8 Å². The summed E-state index contributed by atoms with van der Waals surface area (Å²) in [5.41, 5.74) is 0. The van der Waals surface area contributed by atoms with E-state index in [2.05, 4.69) is 43.5 Å². The molecule has 0 saturated heterocycles. The van der Waals surface area contributed by atoms with Crippen molar-refractivity contribution in [2.75, 3.05) is 13.2 Å². The van der Waals surface area contributed by atoms with Crippen LogP contribution in [-0.2, 0) is 14.3 Å². The number of rotatable bonds is 55. The van der Waals surface area contributed by atoms with Gasteiger partial charge in [-0.3, -0.25) is 9.59 Å². The fourth-order valence-corrected chi connectivity index (χ4v) is 9.16. The van der Waals surface area contributed by atoms with Crippen molar-refractivity contribution in [2.45, 2.75) is 334 Å². The first-order valence-electron chi connectivity index (χ1n) is 29.6. The van der Waals surface area contributed by atoms with E-state index in [4.69, 9.17) is 4.74 Å². The van der Waals surface area contributed by atoms with Crippen molar-refractivity contribution in [3.63, 3.8) is 0 Å². The molecular formula is C60H115NO5. The third-order valence-electron chi connectivity index (χ3n) is 13.7. The summed E-state index contributed by atoms with van der Waals surface area (Å²) in [5.74, 6) is -0.104. The van der Waals surface area contributed by atoms with Crippen LogP contribution in [0.3, 0.4) is 0 Å². The van der Waals surface area contributed by atoms with Gasteiger partial charge < -0.3 is 20.3 Å². The van der Waals surface area contributed by atoms with Crippen molar-refractivity contribution in [2.24, 2.45) is 0 Å². The fraction of sp³-hybridized carbons (Fsp3) is 0.900. The molecule has 0 bridgehead atoms. The van der Waals surface area contributed by atoms with Crippen LogP contribution in [0.25, 0.3) is 0 Å². The predicted molar refractivity (Wildman–Crippen MR) is 287 cm³/mol. The van der Waals surface area contributed by atoms with Gasteiger partial charge in [0.1, 0.15) is 0 Å². The van der Waals surface area contributed by atoms with Gasteiger partial charge in [-0.05, 0) is 77.0 Å². The molecule has 6 heteroatoms. The quantitative estimate of drug-likeness (QED) is 0.0321. The summed E-state index contributed by atoms with van der Waals surface area (Å²) in [6.45, 7) is 4.88. The number of amides is 1. The zero-order chi connectivity index (χ0) is 47.9. The first-order valence-corrected chi connectivity index (χ1v) is 29.6. The Morgan fingerprint density at radius 1 is 0.409 bits per heavy atom. The van der Waals surface area contributed by atoms with Gasteiger partial charge in [0.15, 0.2) is 0 Å². The Bertz CT molecular complexity index is 1030. The summed E-state index contributed by atoms with van der Waals surface area (Å²) in [7, 11) is 0. The predicted octanol–water partition coefficient (Wildman–Crippen LogP) is 18.2. The average Bonchev–Trinajstić information content (AvgIpc) is 3.32. The molecule has 0 spiro atoms.